The molecule has 3 heterocycles. The van der Waals surface area contributed by atoms with Gasteiger partial charge in [-0.2, -0.15) is 26.3 Å². The van der Waals surface area contributed by atoms with Crippen molar-refractivity contribution in [3.05, 3.63) is 47.3 Å². The molecule has 2 amide bonds. The van der Waals surface area contributed by atoms with Gasteiger partial charge in [0.25, 0.3) is 0 Å². The lowest BCUT2D eigenvalue weighted by atomic mass is 9.91. The van der Waals surface area contributed by atoms with Crippen molar-refractivity contribution in [2.75, 3.05) is 49.1 Å². The Morgan fingerprint density at radius 2 is 1.52 bits per heavy atom. The second kappa shape index (κ2) is 18.7. The number of aromatic nitrogens is 2. The van der Waals surface area contributed by atoms with Crippen molar-refractivity contribution in [1.29, 1.82) is 0 Å². The molecule has 2 aromatic rings. The van der Waals surface area contributed by atoms with Gasteiger partial charge in [0.2, 0.25) is 17.6 Å². The van der Waals surface area contributed by atoms with Gasteiger partial charge in [-0.25, -0.2) is 9.97 Å². The molecule has 0 spiro atoms. The molecule has 54 heavy (non-hydrogen) atoms. The maximum atomic E-state index is 14.0. The van der Waals surface area contributed by atoms with Gasteiger partial charge in [0.1, 0.15) is 36.0 Å². The van der Waals surface area contributed by atoms with Crippen LogP contribution >= 0.6 is 0 Å². The van der Waals surface area contributed by atoms with Crippen LogP contribution in [0.25, 0.3) is 0 Å². The molecule has 6 atom stereocenters. The highest BCUT2D eigenvalue weighted by atomic mass is 19.4. The number of aliphatic hydroxyl groups excluding tert-OH is 6. The topological polar surface area (TPSA) is 212 Å². The lowest BCUT2D eigenvalue weighted by Crippen LogP contribution is -2.49. The zero-order valence-electron chi connectivity index (χ0n) is 29.2. The van der Waals surface area contributed by atoms with E-state index in [-0.39, 0.29) is 49.9 Å². The molecule has 0 unspecified atom stereocenters. The Labute approximate surface area is 306 Å². The Bertz CT molecular complexity index is 1530. The van der Waals surface area contributed by atoms with Gasteiger partial charge < -0.3 is 51.1 Å². The third-order valence-electron chi connectivity index (χ3n) is 9.61. The Hall–Kier alpha value is -3.82. The van der Waals surface area contributed by atoms with Gasteiger partial charge in [-0.15, -0.1) is 0 Å². The molecule has 0 aliphatic carbocycles. The van der Waals surface area contributed by atoms with Gasteiger partial charge in [-0.05, 0) is 55.7 Å². The number of rotatable bonds is 16. The summed E-state index contributed by atoms with van der Waals surface area (Å²) in [5.74, 6) is -2.50. The fraction of sp³-hybridized carbons (Fsp3) is 0.647. The lowest BCUT2D eigenvalue weighted by Gasteiger charge is -2.34. The van der Waals surface area contributed by atoms with Crippen LogP contribution in [-0.4, -0.2) is 128 Å². The van der Waals surface area contributed by atoms with Crippen LogP contribution in [0.1, 0.15) is 55.5 Å². The summed E-state index contributed by atoms with van der Waals surface area (Å²) in [7, 11) is 0. The molecule has 20 heteroatoms. The molecule has 0 radical (unpaired) electrons. The van der Waals surface area contributed by atoms with Crippen LogP contribution < -0.4 is 20.4 Å². The number of anilines is 2. The monoisotopic (exact) mass is 780 g/mol. The fourth-order valence-corrected chi connectivity index (χ4v) is 6.47. The van der Waals surface area contributed by atoms with Crippen LogP contribution in [0.15, 0.2) is 30.3 Å². The molecular weight excluding hydrogens is 734 g/mol. The van der Waals surface area contributed by atoms with Crippen LogP contribution in [0.2, 0.25) is 0 Å². The van der Waals surface area contributed by atoms with Crippen LogP contribution in [0.3, 0.4) is 0 Å². The highest BCUT2D eigenvalue weighted by Gasteiger charge is 2.41. The van der Waals surface area contributed by atoms with E-state index in [0.717, 1.165) is 12.1 Å². The van der Waals surface area contributed by atoms with Crippen molar-refractivity contribution < 1.29 is 66.6 Å². The second-order valence-electron chi connectivity index (χ2n) is 13.6. The number of nitrogens with zero attached hydrogens (tertiary/aromatic N) is 4. The highest BCUT2D eigenvalue weighted by molar-refractivity contribution is 5.86. The Morgan fingerprint density at radius 1 is 0.889 bits per heavy atom. The predicted octanol–water partition coefficient (Wildman–Crippen LogP) is 0.752. The summed E-state index contributed by atoms with van der Waals surface area (Å²) in [5.41, 5.74) is -0.285. The number of alkyl halides is 6. The number of carbonyl (C=O) groups excluding carboxylic acids is 2. The van der Waals surface area contributed by atoms with E-state index in [9.17, 15) is 61.5 Å². The van der Waals surface area contributed by atoms with Crippen molar-refractivity contribution in [3.8, 4) is 0 Å². The van der Waals surface area contributed by atoms with Gasteiger partial charge in [-0.3, -0.25) is 9.59 Å². The molecule has 0 saturated carbocycles. The van der Waals surface area contributed by atoms with E-state index >= 15 is 0 Å². The average Bonchev–Trinajstić information content (AvgIpc) is 3.54. The summed E-state index contributed by atoms with van der Waals surface area (Å²) in [6.07, 6.45) is -14.9. The number of hydrogen-bond acceptors (Lipinski definition) is 12. The summed E-state index contributed by atoms with van der Waals surface area (Å²) < 4.78 is 80.6. The minimum atomic E-state index is -4.92. The number of benzene rings is 1. The van der Waals surface area contributed by atoms with E-state index in [1.165, 1.54) is 23.1 Å². The normalized spacial score (nSPS) is 20.7. The van der Waals surface area contributed by atoms with Gasteiger partial charge in [0.05, 0.1) is 24.4 Å². The van der Waals surface area contributed by atoms with Crippen LogP contribution in [-0.2, 0) is 28.4 Å². The quantitative estimate of drug-likeness (QED) is 0.111. The third kappa shape index (κ3) is 11.8. The van der Waals surface area contributed by atoms with Crippen molar-refractivity contribution in [3.63, 3.8) is 0 Å². The van der Waals surface area contributed by atoms with Crippen LogP contribution in [0, 0.1) is 5.92 Å². The summed E-state index contributed by atoms with van der Waals surface area (Å²) in [5, 5.41) is 63.3. The standard InChI is InChI=1S/C34H46F6N6O8/c35-33(36,37)21-6-4-20(5-7-21)8-11-41-31(54)23-14-22(48)17-46(23)27-15-26(43-32(44-27)34(38,39)40)45-12-9-19(10-13-45)2-1-3-28(51)42-16-24(49)29(52)30(53)25(50)18-47/h4-7,15,19,22-25,29-30,47-50,52-53H,1-3,8-14,16-18H2,(H,41,54)(H,42,51)/t22-,23+,24+,25-,29-,30-/m1/s1. The first kappa shape index (κ1) is 42.9. The lowest BCUT2D eigenvalue weighted by molar-refractivity contribution is -0.144. The van der Waals surface area contributed by atoms with E-state index in [2.05, 4.69) is 20.6 Å². The Balaban J connectivity index is 1.31. The van der Waals surface area contributed by atoms with Crippen molar-refractivity contribution >= 4 is 23.5 Å². The molecule has 1 aromatic heterocycles. The number of nitrogens with one attached hydrogen (secondary N) is 2. The van der Waals surface area contributed by atoms with E-state index in [1.807, 2.05) is 0 Å². The van der Waals surface area contributed by atoms with Crippen LogP contribution in [0.5, 0.6) is 0 Å². The minimum Gasteiger partial charge on any atom is -0.394 e. The molecule has 302 valence electrons. The van der Waals surface area contributed by atoms with Gasteiger partial charge in [0, 0.05) is 51.6 Å². The van der Waals surface area contributed by atoms with Gasteiger partial charge >= 0.3 is 12.4 Å². The largest absolute Gasteiger partial charge is 0.451 e. The fourth-order valence-electron chi connectivity index (χ4n) is 6.47. The first-order valence-corrected chi connectivity index (χ1v) is 17.6. The molecular formula is C34H46F6N6O8. The summed E-state index contributed by atoms with van der Waals surface area (Å²) >= 11 is 0. The van der Waals surface area contributed by atoms with Crippen molar-refractivity contribution in [2.24, 2.45) is 5.92 Å². The number of halogens is 6. The molecule has 4 rings (SSSR count). The second-order valence-corrected chi connectivity index (χ2v) is 13.6. The van der Waals surface area contributed by atoms with E-state index in [4.69, 9.17) is 5.11 Å². The smallest absolute Gasteiger partial charge is 0.394 e. The number of amides is 2. The van der Waals surface area contributed by atoms with Crippen molar-refractivity contribution in [2.45, 2.75) is 93.9 Å². The molecule has 8 N–H and O–H groups in total. The molecule has 2 saturated heterocycles. The number of β-amino-alcohol motifs (C(OH)–C–C–N with tert-alkyl or cyclic N) is 1. The zero-order valence-corrected chi connectivity index (χ0v) is 29.2. The summed E-state index contributed by atoms with van der Waals surface area (Å²) in [4.78, 5) is 35.9. The first-order chi connectivity index (χ1) is 25.4. The number of piperidine rings is 1. The SMILES string of the molecule is O=C(CCCC1CCN(c2cc(N3C[C@H](O)C[C@H]3C(=O)NCCc3ccc(C(F)(F)F)cc3)nc(C(F)(F)F)n2)CC1)NC[C@H](O)[C@@H](O)[C@H](O)[C@H](O)CO. The maximum absolute atomic E-state index is 14.0. The molecule has 2 aliphatic rings. The molecule has 1 aromatic carbocycles. The summed E-state index contributed by atoms with van der Waals surface area (Å²) in [6, 6.07) is 4.71. The zero-order chi connectivity index (χ0) is 39.8. The molecule has 2 fully saturated rings. The number of hydrogen-bond donors (Lipinski definition) is 8. The maximum Gasteiger partial charge on any atom is 0.451 e. The molecule has 2 aliphatic heterocycles. The Morgan fingerprint density at radius 3 is 2.13 bits per heavy atom. The van der Waals surface area contributed by atoms with E-state index in [0.29, 0.717) is 44.3 Å². The van der Waals surface area contributed by atoms with Crippen LogP contribution in [0.4, 0.5) is 38.0 Å². The number of aliphatic hydroxyl groups is 6. The Kier molecular flexibility index (Phi) is 14.8. The minimum absolute atomic E-state index is 0.00891. The first-order valence-electron chi connectivity index (χ1n) is 17.6. The number of carbonyl (C=O) groups is 2. The average molecular weight is 781 g/mol. The summed E-state index contributed by atoms with van der Waals surface area (Å²) in [6.45, 7) is -0.696. The van der Waals surface area contributed by atoms with Gasteiger partial charge in [0.15, 0.2) is 0 Å². The van der Waals surface area contributed by atoms with Gasteiger partial charge in [-0.1, -0.05) is 12.1 Å². The highest BCUT2D eigenvalue weighted by Crippen LogP contribution is 2.35. The van der Waals surface area contributed by atoms with E-state index in [1.54, 1.807) is 4.90 Å². The van der Waals surface area contributed by atoms with E-state index < -0.39 is 85.3 Å². The molecule has 14 nitrogen and oxygen atoms in total. The predicted molar refractivity (Wildman–Crippen MR) is 180 cm³/mol. The third-order valence-corrected chi connectivity index (χ3v) is 9.61. The molecule has 0 bridgehead atoms. The van der Waals surface area contributed by atoms with Crippen molar-refractivity contribution in [1.82, 2.24) is 20.6 Å².